The van der Waals surface area contributed by atoms with Gasteiger partial charge in [-0.2, -0.15) is 0 Å². The van der Waals surface area contributed by atoms with E-state index in [-0.39, 0.29) is 6.61 Å². The van der Waals surface area contributed by atoms with Gasteiger partial charge >= 0.3 is 0 Å². The molecule has 17 heavy (non-hydrogen) atoms. The van der Waals surface area contributed by atoms with Crippen molar-refractivity contribution in [2.24, 2.45) is 0 Å². The molecule has 0 saturated carbocycles. The molecular weight excluding hydrogens is 216 g/mol. The second-order valence-corrected chi connectivity index (χ2v) is 4.30. The fourth-order valence-electron chi connectivity index (χ4n) is 2.01. The summed E-state index contributed by atoms with van der Waals surface area (Å²) in [5.41, 5.74) is 1.17. The quantitative estimate of drug-likeness (QED) is 0.806. The number of hydrogen-bond donors (Lipinski definition) is 1. The number of hydrogen-bond acceptors (Lipinski definition) is 5. The van der Waals surface area contributed by atoms with Crippen molar-refractivity contribution in [3.8, 4) is 0 Å². The van der Waals surface area contributed by atoms with Crippen LogP contribution in [0.15, 0.2) is 12.4 Å². The fraction of sp³-hybridized carbons (Fsp3) is 0.667. The Morgan fingerprint density at radius 1 is 1.18 bits per heavy atom. The van der Waals surface area contributed by atoms with Crippen LogP contribution in [0.3, 0.4) is 0 Å². The van der Waals surface area contributed by atoms with Crippen molar-refractivity contribution in [1.29, 1.82) is 0 Å². The average molecular weight is 236 g/mol. The maximum Gasteiger partial charge on any atom is 0.225 e. The van der Waals surface area contributed by atoms with E-state index in [0.29, 0.717) is 0 Å². The Balaban J connectivity index is 1.91. The number of rotatable bonds is 4. The first-order valence-electron chi connectivity index (χ1n) is 6.22. The Hall–Kier alpha value is -1.20. The number of anilines is 1. The summed E-state index contributed by atoms with van der Waals surface area (Å²) in [5.74, 6) is 0.825. The molecule has 0 aromatic carbocycles. The van der Waals surface area contributed by atoms with E-state index in [0.717, 1.165) is 45.1 Å². The van der Waals surface area contributed by atoms with E-state index in [1.54, 1.807) is 0 Å². The van der Waals surface area contributed by atoms with Gasteiger partial charge in [0.15, 0.2) is 0 Å². The number of aliphatic hydroxyl groups is 1. The van der Waals surface area contributed by atoms with Crippen molar-refractivity contribution in [3.05, 3.63) is 18.0 Å². The van der Waals surface area contributed by atoms with Crippen LogP contribution in [0.1, 0.15) is 12.5 Å². The van der Waals surface area contributed by atoms with Gasteiger partial charge in [-0.05, 0) is 12.0 Å². The summed E-state index contributed by atoms with van der Waals surface area (Å²) >= 11 is 0. The molecule has 1 saturated heterocycles. The number of β-amino-alcohol motifs (C(OH)–C–C–N with tert-alkyl or cyclic N) is 1. The van der Waals surface area contributed by atoms with Gasteiger partial charge in [0, 0.05) is 45.1 Å². The van der Waals surface area contributed by atoms with E-state index in [1.807, 2.05) is 12.4 Å². The van der Waals surface area contributed by atoms with Gasteiger partial charge in [-0.25, -0.2) is 9.97 Å². The van der Waals surface area contributed by atoms with Crippen LogP contribution < -0.4 is 4.90 Å². The smallest absolute Gasteiger partial charge is 0.225 e. The molecule has 5 heteroatoms. The molecule has 0 bridgehead atoms. The predicted molar refractivity (Wildman–Crippen MR) is 67.1 cm³/mol. The van der Waals surface area contributed by atoms with Gasteiger partial charge in [-0.1, -0.05) is 6.92 Å². The van der Waals surface area contributed by atoms with Crippen LogP contribution >= 0.6 is 0 Å². The second-order valence-electron chi connectivity index (χ2n) is 4.30. The molecule has 0 amide bonds. The minimum atomic E-state index is 0.238. The van der Waals surface area contributed by atoms with Gasteiger partial charge < -0.3 is 10.0 Å². The maximum atomic E-state index is 8.88. The zero-order valence-electron chi connectivity index (χ0n) is 10.3. The van der Waals surface area contributed by atoms with E-state index in [1.165, 1.54) is 5.56 Å². The van der Waals surface area contributed by atoms with Gasteiger partial charge in [0.05, 0.1) is 6.61 Å². The fourth-order valence-corrected chi connectivity index (χ4v) is 2.01. The highest BCUT2D eigenvalue weighted by atomic mass is 16.3. The maximum absolute atomic E-state index is 8.88. The largest absolute Gasteiger partial charge is 0.395 e. The van der Waals surface area contributed by atoms with Gasteiger partial charge in [0.25, 0.3) is 0 Å². The Morgan fingerprint density at radius 3 is 2.35 bits per heavy atom. The summed E-state index contributed by atoms with van der Waals surface area (Å²) in [4.78, 5) is 13.2. The molecule has 1 aliphatic heterocycles. The van der Waals surface area contributed by atoms with Crippen LogP contribution in [0.2, 0.25) is 0 Å². The number of nitrogens with zero attached hydrogens (tertiary/aromatic N) is 4. The van der Waals surface area contributed by atoms with E-state index in [2.05, 4.69) is 26.7 Å². The van der Waals surface area contributed by atoms with Crippen LogP contribution in [0, 0.1) is 0 Å². The van der Waals surface area contributed by atoms with Crippen LogP contribution in [-0.2, 0) is 6.42 Å². The molecule has 1 N–H and O–H groups in total. The Morgan fingerprint density at radius 2 is 1.82 bits per heavy atom. The zero-order valence-corrected chi connectivity index (χ0v) is 10.3. The van der Waals surface area contributed by atoms with Gasteiger partial charge in [-0.15, -0.1) is 0 Å². The van der Waals surface area contributed by atoms with Crippen molar-refractivity contribution in [2.75, 3.05) is 44.2 Å². The molecule has 2 rings (SSSR count). The molecule has 1 fully saturated rings. The molecule has 0 atom stereocenters. The third-order valence-electron chi connectivity index (χ3n) is 3.17. The van der Waals surface area contributed by atoms with Crippen molar-refractivity contribution < 1.29 is 5.11 Å². The van der Waals surface area contributed by atoms with Crippen LogP contribution in [0.25, 0.3) is 0 Å². The first kappa shape index (κ1) is 12.3. The minimum absolute atomic E-state index is 0.238. The molecule has 0 spiro atoms. The first-order chi connectivity index (χ1) is 8.33. The monoisotopic (exact) mass is 236 g/mol. The number of aromatic nitrogens is 2. The predicted octanol–water partition coefficient (Wildman–Crippen LogP) is 0.153. The normalized spacial score (nSPS) is 17.4. The summed E-state index contributed by atoms with van der Waals surface area (Å²) in [5, 5.41) is 8.88. The molecule has 94 valence electrons. The third kappa shape index (κ3) is 3.14. The van der Waals surface area contributed by atoms with Crippen LogP contribution in [-0.4, -0.2) is 59.3 Å². The first-order valence-corrected chi connectivity index (χ1v) is 6.22. The molecule has 5 nitrogen and oxygen atoms in total. The number of aliphatic hydroxyl groups excluding tert-OH is 1. The minimum Gasteiger partial charge on any atom is -0.395 e. The highest BCUT2D eigenvalue weighted by Crippen LogP contribution is 2.10. The number of piperazine rings is 1. The van der Waals surface area contributed by atoms with Gasteiger partial charge in [0.2, 0.25) is 5.95 Å². The third-order valence-corrected chi connectivity index (χ3v) is 3.17. The molecule has 0 radical (unpaired) electrons. The molecular formula is C12H20N4O. The summed E-state index contributed by atoms with van der Waals surface area (Å²) in [6.07, 6.45) is 4.79. The summed E-state index contributed by atoms with van der Waals surface area (Å²) in [6, 6.07) is 0. The van der Waals surface area contributed by atoms with E-state index < -0.39 is 0 Å². The Bertz CT molecular complexity index is 333. The molecule has 1 aliphatic rings. The van der Waals surface area contributed by atoms with E-state index >= 15 is 0 Å². The van der Waals surface area contributed by atoms with E-state index in [4.69, 9.17) is 5.11 Å². The molecule has 1 aromatic heterocycles. The zero-order chi connectivity index (χ0) is 12.1. The highest BCUT2D eigenvalue weighted by Gasteiger charge is 2.17. The molecule has 0 unspecified atom stereocenters. The SMILES string of the molecule is CCc1cnc(N2CCN(CCO)CC2)nc1. The molecule has 0 aliphatic carbocycles. The van der Waals surface area contributed by atoms with Gasteiger partial charge in [-0.3, -0.25) is 4.90 Å². The molecule has 1 aromatic rings. The van der Waals surface area contributed by atoms with Crippen LogP contribution in [0.4, 0.5) is 5.95 Å². The van der Waals surface area contributed by atoms with Crippen molar-refractivity contribution in [3.63, 3.8) is 0 Å². The van der Waals surface area contributed by atoms with Crippen molar-refractivity contribution >= 4 is 5.95 Å². The summed E-state index contributed by atoms with van der Waals surface area (Å²) in [7, 11) is 0. The molecule has 2 heterocycles. The topological polar surface area (TPSA) is 52.5 Å². The summed E-state index contributed by atoms with van der Waals surface area (Å²) < 4.78 is 0. The lowest BCUT2D eigenvalue weighted by Crippen LogP contribution is -2.47. The lowest BCUT2D eigenvalue weighted by molar-refractivity contribution is 0.188. The second kappa shape index (κ2) is 5.93. The van der Waals surface area contributed by atoms with Gasteiger partial charge in [0.1, 0.15) is 0 Å². The lowest BCUT2D eigenvalue weighted by atomic mass is 10.3. The average Bonchev–Trinajstić information content (AvgIpc) is 2.40. The lowest BCUT2D eigenvalue weighted by Gasteiger charge is -2.34. The standard InChI is InChI=1S/C12H20N4O/c1-2-11-9-13-12(14-10-11)16-5-3-15(4-6-16)7-8-17/h9-10,17H,2-8H2,1H3. The highest BCUT2D eigenvalue weighted by molar-refractivity contribution is 5.30. The summed E-state index contributed by atoms with van der Waals surface area (Å²) in [6.45, 7) is 6.92. The Kier molecular flexibility index (Phi) is 4.28. The Labute approximate surface area is 102 Å². The number of aryl methyl sites for hydroxylation is 1. The van der Waals surface area contributed by atoms with Crippen molar-refractivity contribution in [1.82, 2.24) is 14.9 Å². The van der Waals surface area contributed by atoms with E-state index in [9.17, 15) is 0 Å². The van der Waals surface area contributed by atoms with Crippen molar-refractivity contribution in [2.45, 2.75) is 13.3 Å². The van der Waals surface area contributed by atoms with Crippen LogP contribution in [0.5, 0.6) is 0 Å².